The molecule has 2 aromatic carbocycles. The van der Waals surface area contributed by atoms with Crippen LogP contribution < -0.4 is 16.2 Å². The quantitative estimate of drug-likeness (QED) is 0.291. The topological polar surface area (TPSA) is 94.0 Å². The summed E-state index contributed by atoms with van der Waals surface area (Å²) in [7, 11) is 0. The van der Waals surface area contributed by atoms with Crippen LogP contribution in [0.25, 0.3) is 33.4 Å². The molecule has 4 heterocycles. The van der Waals surface area contributed by atoms with Crippen LogP contribution in [-0.4, -0.2) is 39.2 Å². The fraction of sp³-hybridized carbons (Fsp3) is 0.200. The van der Waals surface area contributed by atoms with Crippen molar-refractivity contribution >= 4 is 34.3 Å². The van der Waals surface area contributed by atoms with E-state index in [2.05, 4.69) is 20.6 Å². The number of nitrogens with one attached hydrogen (secondary N) is 2. The summed E-state index contributed by atoms with van der Waals surface area (Å²) in [6.07, 6.45) is 3.52. The molecule has 9 heteroatoms. The fourth-order valence-corrected chi connectivity index (χ4v) is 5.10. The van der Waals surface area contributed by atoms with E-state index in [9.17, 15) is 4.79 Å². The van der Waals surface area contributed by atoms with Gasteiger partial charge in [-0.3, -0.25) is 14.3 Å². The minimum atomic E-state index is -0.160. The maximum Gasteiger partial charge on any atom is 0.260 e. The molecule has 1 fully saturated rings. The second-order valence-corrected chi connectivity index (χ2v) is 9.71. The van der Waals surface area contributed by atoms with Crippen molar-refractivity contribution in [1.82, 2.24) is 24.8 Å². The van der Waals surface area contributed by atoms with Gasteiger partial charge in [0.25, 0.3) is 5.56 Å². The van der Waals surface area contributed by atoms with Gasteiger partial charge in [0.1, 0.15) is 5.65 Å². The van der Waals surface area contributed by atoms with Crippen LogP contribution in [-0.2, 0) is 11.3 Å². The molecule has 0 spiro atoms. The second kappa shape index (κ2) is 10.9. The summed E-state index contributed by atoms with van der Waals surface area (Å²) in [5, 5.41) is 7.83. The van der Waals surface area contributed by atoms with Crippen LogP contribution in [0.4, 0.5) is 11.6 Å². The molecule has 1 atom stereocenters. The predicted octanol–water partition coefficient (Wildman–Crippen LogP) is 5.60. The van der Waals surface area contributed by atoms with Gasteiger partial charge in [-0.05, 0) is 48.9 Å². The maximum absolute atomic E-state index is 13.6. The lowest BCUT2D eigenvalue weighted by Gasteiger charge is -2.24. The molecular formula is C30H27ClN6O2. The van der Waals surface area contributed by atoms with E-state index in [1.807, 2.05) is 73.7 Å². The van der Waals surface area contributed by atoms with Crippen LogP contribution >= 0.6 is 11.6 Å². The van der Waals surface area contributed by atoms with Crippen molar-refractivity contribution in [2.24, 2.45) is 0 Å². The van der Waals surface area contributed by atoms with E-state index < -0.39 is 0 Å². The number of rotatable bonds is 6. The van der Waals surface area contributed by atoms with Crippen molar-refractivity contribution in [2.45, 2.75) is 19.6 Å². The summed E-state index contributed by atoms with van der Waals surface area (Å²) in [4.78, 5) is 27.2. The highest BCUT2D eigenvalue weighted by Gasteiger charge is 2.17. The number of aryl methyl sites for hydroxylation is 1. The van der Waals surface area contributed by atoms with Gasteiger partial charge in [0.15, 0.2) is 0 Å². The first-order valence-corrected chi connectivity index (χ1v) is 13.3. The Morgan fingerprint density at radius 3 is 2.67 bits per heavy atom. The van der Waals surface area contributed by atoms with E-state index in [4.69, 9.17) is 21.3 Å². The van der Waals surface area contributed by atoms with Crippen molar-refractivity contribution in [3.05, 3.63) is 100 Å². The van der Waals surface area contributed by atoms with Crippen molar-refractivity contribution in [3.8, 4) is 22.4 Å². The summed E-state index contributed by atoms with van der Waals surface area (Å²) >= 11 is 6.68. The van der Waals surface area contributed by atoms with Gasteiger partial charge >= 0.3 is 0 Å². The van der Waals surface area contributed by atoms with Gasteiger partial charge in [0, 0.05) is 64.8 Å². The normalized spacial score (nSPS) is 15.4. The lowest BCUT2D eigenvalue weighted by atomic mass is 10.0. The highest BCUT2D eigenvalue weighted by atomic mass is 35.5. The van der Waals surface area contributed by atoms with Crippen LogP contribution in [0.5, 0.6) is 0 Å². The largest absolute Gasteiger partial charge is 0.371 e. The molecule has 1 aliphatic rings. The second-order valence-electron chi connectivity index (χ2n) is 9.30. The molecule has 1 saturated heterocycles. The van der Waals surface area contributed by atoms with E-state index >= 15 is 0 Å². The van der Waals surface area contributed by atoms with Crippen LogP contribution in [0.1, 0.15) is 18.6 Å². The molecule has 6 rings (SSSR count). The number of nitrogens with zero attached hydrogens (tertiary/aromatic N) is 4. The first kappa shape index (κ1) is 25.2. The standard InChI is InChI=1S/C30H27ClN6O2/c1-2-37-28-21(15-24(29(37)38)23-11-8-20(16-25(23)31)26-5-3-4-12-33-26)17-34-30(36-28)35-22-9-6-19(7-10-22)27-18-32-13-14-39-27/h3-12,15-17,27,32H,2,13-14,18H2,1H3,(H,34,35,36). The number of fused-ring (bicyclic) bond motifs is 1. The number of hydrogen-bond acceptors (Lipinski definition) is 7. The number of pyridine rings is 2. The van der Waals surface area contributed by atoms with E-state index in [-0.39, 0.29) is 11.7 Å². The van der Waals surface area contributed by atoms with Gasteiger partial charge < -0.3 is 15.4 Å². The molecule has 0 saturated carbocycles. The number of ether oxygens (including phenoxy) is 1. The molecular weight excluding hydrogens is 512 g/mol. The third-order valence-corrected chi connectivity index (χ3v) is 7.14. The average Bonchev–Trinajstić information content (AvgIpc) is 2.98. The molecule has 0 bridgehead atoms. The Kier molecular flexibility index (Phi) is 7.06. The van der Waals surface area contributed by atoms with Crippen molar-refractivity contribution in [1.29, 1.82) is 0 Å². The van der Waals surface area contributed by atoms with Gasteiger partial charge in [-0.1, -0.05) is 41.9 Å². The molecule has 0 radical (unpaired) electrons. The van der Waals surface area contributed by atoms with Crippen LogP contribution in [0.15, 0.2) is 83.9 Å². The monoisotopic (exact) mass is 538 g/mol. The Bertz CT molecular complexity index is 1680. The van der Waals surface area contributed by atoms with E-state index in [1.165, 1.54) is 0 Å². The van der Waals surface area contributed by atoms with Gasteiger partial charge in [0.2, 0.25) is 5.95 Å². The third kappa shape index (κ3) is 5.14. The predicted molar refractivity (Wildman–Crippen MR) is 154 cm³/mol. The van der Waals surface area contributed by atoms with Crippen LogP contribution in [0.2, 0.25) is 5.02 Å². The Hall–Kier alpha value is -4.11. The van der Waals surface area contributed by atoms with Crippen LogP contribution in [0, 0.1) is 0 Å². The van der Waals surface area contributed by atoms with Crippen molar-refractivity contribution < 1.29 is 4.74 Å². The van der Waals surface area contributed by atoms with Gasteiger partial charge in [-0.25, -0.2) is 4.98 Å². The Balaban J connectivity index is 1.30. The van der Waals surface area contributed by atoms with Gasteiger partial charge in [0.05, 0.1) is 18.4 Å². The third-order valence-electron chi connectivity index (χ3n) is 6.83. The Labute approximate surface area is 230 Å². The molecule has 1 unspecified atom stereocenters. The molecule has 2 N–H and O–H groups in total. The molecule has 1 aliphatic heterocycles. The number of morpholine rings is 1. The first-order chi connectivity index (χ1) is 19.1. The van der Waals surface area contributed by atoms with Crippen molar-refractivity contribution in [2.75, 3.05) is 25.0 Å². The number of halogens is 1. The smallest absolute Gasteiger partial charge is 0.260 e. The van der Waals surface area contributed by atoms with Crippen LogP contribution in [0.3, 0.4) is 0 Å². The molecule has 0 amide bonds. The van der Waals surface area contributed by atoms with Crippen molar-refractivity contribution in [3.63, 3.8) is 0 Å². The zero-order chi connectivity index (χ0) is 26.8. The molecule has 0 aliphatic carbocycles. The first-order valence-electron chi connectivity index (χ1n) is 12.9. The highest BCUT2D eigenvalue weighted by Crippen LogP contribution is 2.31. The molecule has 196 valence electrons. The maximum atomic E-state index is 13.6. The van der Waals surface area contributed by atoms with E-state index in [0.29, 0.717) is 40.9 Å². The Morgan fingerprint density at radius 1 is 1.08 bits per heavy atom. The zero-order valence-corrected chi connectivity index (χ0v) is 22.2. The zero-order valence-electron chi connectivity index (χ0n) is 21.4. The number of aromatic nitrogens is 4. The van der Waals surface area contributed by atoms with E-state index in [1.54, 1.807) is 17.0 Å². The van der Waals surface area contributed by atoms with Gasteiger partial charge in [-0.15, -0.1) is 0 Å². The lowest BCUT2D eigenvalue weighted by Crippen LogP contribution is -2.33. The molecule has 3 aromatic heterocycles. The number of hydrogen-bond donors (Lipinski definition) is 2. The fourth-order valence-electron chi connectivity index (χ4n) is 4.82. The summed E-state index contributed by atoms with van der Waals surface area (Å²) in [6, 6.07) is 21.2. The van der Waals surface area contributed by atoms with E-state index in [0.717, 1.165) is 41.0 Å². The number of anilines is 2. The summed E-state index contributed by atoms with van der Waals surface area (Å²) in [5.74, 6) is 0.415. The Morgan fingerprint density at radius 2 is 1.95 bits per heavy atom. The minimum Gasteiger partial charge on any atom is -0.371 e. The SMILES string of the molecule is CCn1c(=O)c(-c2ccc(-c3ccccn3)cc2Cl)cc2cnc(Nc3ccc(C4CNCCO4)cc3)nc21. The molecule has 39 heavy (non-hydrogen) atoms. The minimum absolute atomic E-state index is 0.0533. The summed E-state index contributed by atoms with van der Waals surface area (Å²) < 4.78 is 7.48. The average molecular weight is 539 g/mol. The lowest BCUT2D eigenvalue weighted by molar-refractivity contribution is 0.0277. The summed E-state index contributed by atoms with van der Waals surface area (Å²) in [5.41, 5.74) is 5.23. The highest BCUT2D eigenvalue weighted by molar-refractivity contribution is 6.33. The van der Waals surface area contributed by atoms with Gasteiger partial charge in [-0.2, -0.15) is 4.98 Å². The number of benzene rings is 2. The molecule has 8 nitrogen and oxygen atoms in total. The summed E-state index contributed by atoms with van der Waals surface area (Å²) in [6.45, 7) is 4.76. The molecule has 5 aromatic rings.